The van der Waals surface area contributed by atoms with E-state index >= 15 is 0 Å². The normalized spacial score (nSPS) is 12.7. The molecule has 182 valence electrons. The Kier molecular flexibility index (Phi) is 6.58. The van der Waals surface area contributed by atoms with Gasteiger partial charge in [0, 0.05) is 39.1 Å². The van der Waals surface area contributed by atoms with Crippen LogP contribution in [0.2, 0.25) is 0 Å². The van der Waals surface area contributed by atoms with E-state index < -0.39 is 0 Å². The van der Waals surface area contributed by atoms with E-state index in [1.807, 2.05) is 31.2 Å². The fourth-order valence-corrected chi connectivity index (χ4v) is 4.85. The summed E-state index contributed by atoms with van der Waals surface area (Å²) in [7, 11) is 0. The van der Waals surface area contributed by atoms with Gasteiger partial charge in [0.15, 0.2) is 0 Å². The van der Waals surface area contributed by atoms with E-state index in [0.717, 1.165) is 38.6 Å². The van der Waals surface area contributed by atoms with Crippen molar-refractivity contribution < 1.29 is 4.39 Å². The van der Waals surface area contributed by atoms with Crippen LogP contribution in [0.15, 0.2) is 81.1 Å². The van der Waals surface area contributed by atoms with Crippen LogP contribution in [-0.4, -0.2) is 20.4 Å². The van der Waals surface area contributed by atoms with Crippen LogP contribution in [0.5, 0.6) is 0 Å². The molecule has 5 nitrogen and oxygen atoms in total. The van der Waals surface area contributed by atoms with E-state index in [1.165, 1.54) is 16.8 Å². The molecular weight excluding hydrogens is 519 g/mol. The Morgan fingerprint density at radius 2 is 1.83 bits per heavy atom. The summed E-state index contributed by atoms with van der Waals surface area (Å²) in [5.74, 6) is 0.448. The van der Waals surface area contributed by atoms with Crippen molar-refractivity contribution in [3.63, 3.8) is 0 Å². The molecule has 5 aromatic rings. The number of rotatable bonds is 6. The van der Waals surface area contributed by atoms with Gasteiger partial charge in [0.2, 0.25) is 0 Å². The summed E-state index contributed by atoms with van der Waals surface area (Å²) >= 11 is 3.46. The first-order chi connectivity index (χ1) is 17.4. The van der Waals surface area contributed by atoms with Gasteiger partial charge in [-0.05, 0) is 55.3 Å². The zero-order chi connectivity index (χ0) is 25.4. The number of para-hydroxylation sites is 1. The van der Waals surface area contributed by atoms with Crippen molar-refractivity contribution >= 4 is 44.0 Å². The summed E-state index contributed by atoms with van der Waals surface area (Å²) in [4.78, 5) is 18.3. The number of hydrogen-bond acceptors (Lipinski definition) is 3. The molecule has 0 radical (unpaired) electrons. The SMILES string of the molecule is CC[C@H](C)c1nc2ccc(Br)cc2c(=O)n1N=Cc1c(C)n(Cc2ccc(F)cc2)c2ccccc12. The molecule has 0 fully saturated rings. The predicted molar refractivity (Wildman–Crippen MR) is 148 cm³/mol. The minimum atomic E-state index is -0.251. The first-order valence-electron chi connectivity index (χ1n) is 12.0. The molecule has 0 unspecified atom stereocenters. The average Bonchev–Trinajstić information content (AvgIpc) is 3.15. The Morgan fingerprint density at radius 1 is 1.08 bits per heavy atom. The number of hydrogen-bond donors (Lipinski definition) is 0. The first-order valence-corrected chi connectivity index (χ1v) is 12.8. The van der Waals surface area contributed by atoms with E-state index in [4.69, 9.17) is 10.1 Å². The molecular formula is C29H26BrFN4O. The van der Waals surface area contributed by atoms with E-state index in [-0.39, 0.29) is 17.3 Å². The molecule has 3 aromatic carbocycles. The molecule has 7 heteroatoms. The first kappa shape index (κ1) is 24.1. The number of fused-ring (bicyclic) bond motifs is 2. The summed E-state index contributed by atoms with van der Waals surface area (Å²) in [6.45, 7) is 6.77. The second-order valence-electron chi connectivity index (χ2n) is 9.03. The fourth-order valence-electron chi connectivity index (χ4n) is 4.49. The second-order valence-corrected chi connectivity index (χ2v) is 9.95. The number of halogens is 2. The molecule has 1 atom stereocenters. The van der Waals surface area contributed by atoms with Gasteiger partial charge in [-0.25, -0.2) is 9.37 Å². The molecule has 0 aliphatic heterocycles. The van der Waals surface area contributed by atoms with Crippen LogP contribution < -0.4 is 5.56 Å². The fraction of sp³-hybridized carbons (Fsp3) is 0.207. The quantitative estimate of drug-likeness (QED) is 0.216. The topological polar surface area (TPSA) is 52.2 Å². The molecule has 0 bridgehead atoms. The number of aromatic nitrogens is 3. The largest absolute Gasteiger partial charge is 0.340 e. The van der Waals surface area contributed by atoms with Gasteiger partial charge in [-0.3, -0.25) is 4.79 Å². The van der Waals surface area contributed by atoms with Crippen LogP contribution in [0, 0.1) is 12.7 Å². The average molecular weight is 545 g/mol. The minimum absolute atomic E-state index is 0.0591. The van der Waals surface area contributed by atoms with Crippen molar-refractivity contribution in [2.75, 3.05) is 0 Å². The third-order valence-corrected chi connectivity index (χ3v) is 7.22. The maximum absolute atomic E-state index is 13.5. The highest BCUT2D eigenvalue weighted by Crippen LogP contribution is 2.26. The zero-order valence-corrected chi connectivity index (χ0v) is 22.0. The van der Waals surface area contributed by atoms with Crippen LogP contribution >= 0.6 is 15.9 Å². The third-order valence-electron chi connectivity index (χ3n) is 6.72. The molecule has 0 N–H and O–H groups in total. The maximum Gasteiger partial charge on any atom is 0.282 e. The van der Waals surface area contributed by atoms with Crippen molar-refractivity contribution in [3.8, 4) is 0 Å². The highest BCUT2D eigenvalue weighted by Gasteiger charge is 2.17. The van der Waals surface area contributed by atoms with Gasteiger partial charge in [-0.15, -0.1) is 0 Å². The van der Waals surface area contributed by atoms with Gasteiger partial charge in [0.25, 0.3) is 5.56 Å². The van der Waals surface area contributed by atoms with Gasteiger partial charge in [-0.2, -0.15) is 9.78 Å². The molecule has 0 saturated heterocycles. The summed E-state index contributed by atoms with van der Waals surface area (Å²) < 4.78 is 17.9. The lowest BCUT2D eigenvalue weighted by Crippen LogP contribution is -2.23. The Hall–Kier alpha value is -3.58. The molecule has 2 heterocycles. The Bertz CT molecular complexity index is 1670. The van der Waals surface area contributed by atoms with Crippen LogP contribution in [0.3, 0.4) is 0 Å². The van der Waals surface area contributed by atoms with Crippen molar-refractivity contribution in [2.45, 2.75) is 39.7 Å². The monoisotopic (exact) mass is 544 g/mol. The molecule has 0 amide bonds. The number of benzene rings is 3. The molecule has 5 rings (SSSR count). The zero-order valence-electron chi connectivity index (χ0n) is 20.4. The van der Waals surface area contributed by atoms with Crippen molar-refractivity contribution in [3.05, 3.63) is 110 Å². The Morgan fingerprint density at radius 3 is 2.58 bits per heavy atom. The lowest BCUT2D eigenvalue weighted by Gasteiger charge is -2.14. The van der Waals surface area contributed by atoms with E-state index in [1.54, 1.807) is 24.4 Å². The summed E-state index contributed by atoms with van der Waals surface area (Å²) in [5.41, 5.74) is 4.47. The van der Waals surface area contributed by atoms with Crippen molar-refractivity contribution in [1.29, 1.82) is 0 Å². The van der Waals surface area contributed by atoms with Gasteiger partial charge < -0.3 is 4.57 Å². The third kappa shape index (κ3) is 4.39. The van der Waals surface area contributed by atoms with Gasteiger partial charge in [0.05, 0.1) is 17.1 Å². The van der Waals surface area contributed by atoms with Crippen LogP contribution in [0.4, 0.5) is 4.39 Å². The summed E-state index contributed by atoms with van der Waals surface area (Å²) in [6, 6.07) is 20.2. The maximum atomic E-state index is 13.5. The standard InChI is InChI=1S/C29H26BrFN4O/c1-4-18(2)28-33-26-14-11-21(30)15-24(26)29(36)35(28)32-16-25-19(3)34(27-8-6-5-7-23(25)27)17-20-9-12-22(31)13-10-20/h5-16,18H,4,17H2,1-3H3/t18-/m0/s1. The summed E-state index contributed by atoms with van der Waals surface area (Å²) in [6.07, 6.45) is 2.59. The van der Waals surface area contributed by atoms with Gasteiger partial charge in [0.1, 0.15) is 11.6 Å². The van der Waals surface area contributed by atoms with E-state index in [0.29, 0.717) is 23.3 Å². The van der Waals surface area contributed by atoms with E-state index in [9.17, 15) is 9.18 Å². The van der Waals surface area contributed by atoms with Gasteiger partial charge >= 0.3 is 0 Å². The van der Waals surface area contributed by atoms with Crippen LogP contribution in [0.25, 0.3) is 21.8 Å². The van der Waals surface area contributed by atoms with Crippen molar-refractivity contribution in [2.24, 2.45) is 5.10 Å². The van der Waals surface area contributed by atoms with Crippen LogP contribution in [-0.2, 0) is 6.54 Å². The predicted octanol–water partition coefficient (Wildman–Crippen LogP) is 7.01. The molecule has 0 aliphatic rings. The summed E-state index contributed by atoms with van der Waals surface area (Å²) in [5, 5.41) is 6.26. The lowest BCUT2D eigenvalue weighted by molar-refractivity contribution is 0.613. The highest BCUT2D eigenvalue weighted by atomic mass is 79.9. The van der Waals surface area contributed by atoms with Crippen LogP contribution in [0.1, 0.15) is 48.8 Å². The van der Waals surface area contributed by atoms with Crippen molar-refractivity contribution in [1.82, 2.24) is 14.2 Å². The second kappa shape index (κ2) is 9.82. The Balaban J connectivity index is 1.66. The smallest absolute Gasteiger partial charge is 0.282 e. The molecule has 36 heavy (non-hydrogen) atoms. The molecule has 0 saturated carbocycles. The Labute approximate surface area is 217 Å². The highest BCUT2D eigenvalue weighted by molar-refractivity contribution is 9.10. The molecule has 0 aliphatic carbocycles. The number of nitrogens with zero attached hydrogens (tertiary/aromatic N) is 4. The van der Waals surface area contributed by atoms with E-state index in [2.05, 4.69) is 46.5 Å². The van der Waals surface area contributed by atoms with Gasteiger partial charge in [-0.1, -0.05) is 60.1 Å². The minimum Gasteiger partial charge on any atom is -0.340 e. The molecule has 2 aromatic heterocycles. The lowest BCUT2D eigenvalue weighted by atomic mass is 10.1. The molecule has 0 spiro atoms.